The van der Waals surface area contributed by atoms with E-state index in [1.54, 1.807) is 11.8 Å². The summed E-state index contributed by atoms with van der Waals surface area (Å²) in [5, 5.41) is 8.70. The van der Waals surface area contributed by atoms with Crippen LogP contribution in [0.2, 0.25) is 0 Å². The van der Waals surface area contributed by atoms with Crippen LogP contribution in [0.4, 0.5) is 0 Å². The molecule has 0 saturated heterocycles. The first-order valence-electron chi connectivity index (χ1n) is 4.68. The minimum atomic E-state index is -0.685. The maximum Gasteiger partial charge on any atom is 0.303 e. The van der Waals surface area contributed by atoms with Crippen molar-refractivity contribution in [2.45, 2.75) is 17.7 Å². The van der Waals surface area contributed by atoms with Crippen LogP contribution in [0.25, 0.3) is 0 Å². The Morgan fingerprint density at radius 3 is 3.07 bits per heavy atom. The van der Waals surface area contributed by atoms with Gasteiger partial charge in [-0.05, 0) is 24.0 Å². The highest BCUT2D eigenvalue weighted by Crippen LogP contribution is 2.33. The smallest absolute Gasteiger partial charge is 0.303 e. The van der Waals surface area contributed by atoms with E-state index in [2.05, 4.69) is 12.1 Å². The zero-order valence-electron chi connectivity index (χ0n) is 7.77. The number of hydrogen-bond acceptors (Lipinski definition) is 2. The number of aliphatic carboxylic acids is 1. The monoisotopic (exact) mass is 208 g/mol. The first-order chi connectivity index (χ1) is 6.75. The van der Waals surface area contributed by atoms with Gasteiger partial charge in [0.1, 0.15) is 0 Å². The zero-order valence-corrected chi connectivity index (χ0v) is 8.59. The SMILES string of the molecule is O=C(O)CC1CSc2ccccc2C1. The number of carbonyl (C=O) groups is 1. The third-order valence-electron chi connectivity index (χ3n) is 2.42. The summed E-state index contributed by atoms with van der Waals surface area (Å²) < 4.78 is 0. The lowest BCUT2D eigenvalue weighted by atomic mass is 9.97. The molecule has 0 amide bonds. The molecule has 0 fully saturated rings. The Balaban J connectivity index is 2.09. The largest absolute Gasteiger partial charge is 0.481 e. The van der Waals surface area contributed by atoms with Gasteiger partial charge in [-0.2, -0.15) is 0 Å². The highest BCUT2D eigenvalue weighted by molar-refractivity contribution is 7.99. The van der Waals surface area contributed by atoms with E-state index in [0.717, 1.165) is 12.2 Å². The van der Waals surface area contributed by atoms with Crippen LogP contribution >= 0.6 is 11.8 Å². The average Bonchev–Trinajstić information content (AvgIpc) is 2.17. The van der Waals surface area contributed by atoms with Gasteiger partial charge in [0.25, 0.3) is 0 Å². The highest BCUT2D eigenvalue weighted by Gasteiger charge is 2.20. The van der Waals surface area contributed by atoms with Gasteiger partial charge in [-0.3, -0.25) is 4.79 Å². The molecule has 3 heteroatoms. The summed E-state index contributed by atoms with van der Waals surface area (Å²) >= 11 is 1.78. The molecule has 2 rings (SSSR count). The lowest BCUT2D eigenvalue weighted by Gasteiger charge is -2.22. The van der Waals surface area contributed by atoms with E-state index >= 15 is 0 Å². The molecule has 1 aliphatic rings. The fourth-order valence-electron chi connectivity index (χ4n) is 1.77. The van der Waals surface area contributed by atoms with Crippen LogP contribution in [0, 0.1) is 5.92 Å². The Morgan fingerprint density at radius 2 is 2.29 bits per heavy atom. The van der Waals surface area contributed by atoms with Crippen molar-refractivity contribution in [3.8, 4) is 0 Å². The van der Waals surface area contributed by atoms with E-state index in [4.69, 9.17) is 5.11 Å². The summed E-state index contributed by atoms with van der Waals surface area (Å²) in [5.74, 6) is 0.547. The molecule has 0 saturated carbocycles. The molecule has 14 heavy (non-hydrogen) atoms. The second-order valence-electron chi connectivity index (χ2n) is 3.59. The molecule has 0 spiro atoms. The summed E-state index contributed by atoms with van der Waals surface area (Å²) in [6.07, 6.45) is 1.21. The predicted octanol–water partition coefficient (Wildman–Crippen LogP) is 2.43. The van der Waals surface area contributed by atoms with Crippen LogP contribution in [0.3, 0.4) is 0 Å². The van der Waals surface area contributed by atoms with Crippen molar-refractivity contribution in [2.24, 2.45) is 5.92 Å². The molecule has 1 heterocycles. The van der Waals surface area contributed by atoms with E-state index in [-0.39, 0.29) is 0 Å². The molecule has 74 valence electrons. The molecule has 2 nitrogen and oxygen atoms in total. The summed E-state index contributed by atoms with van der Waals surface area (Å²) in [7, 11) is 0. The van der Waals surface area contributed by atoms with Crippen LogP contribution in [0.15, 0.2) is 29.2 Å². The molecule has 1 N–H and O–H groups in total. The van der Waals surface area contributed by atoms with Crippen molar-refractivity contribution in [2.75, 3.05) is 5.75 Å². The summed E-state index contributed by atoms with van der Waals surface area (Å²) in [4.78, 5) is 11.9. The molecule has 0 aromatic heterocycles. The number of fused-ring (bicyclic) bond motifs is 1. The maximum absolute atomic E-state index is 10.6. The quantitative estimate of drug-likeness (QED) is 0.811. The maximum atomic E-state index is 10.6. The standard InChI is InChI=1S/C11H12O2S/c12-11(13)6-8-5-9-3-1-2-4-10(9)14-7-8/h1-4,8H,5-7H2,(H,12,13). The first kappa shape index (κ1) is 9.59. The Morgan fingerprint density at radius 1 is 1.50 bits per heavy atom. The molecule has 1 aliphatic heterocycles. The number of hydrogen-bond donors (Lipinski definition) is 1. The molecule has 1 unspecified atom stereocenters. The number of rotatable bonds is 2. The highest BCUT2D eigenvalue weighted by atomic mass is 32.2. The molecule has 1 aromatic rings. The predicted molar refractivity (Wildman–Crippen MR) is 56.6 cm³/mol. The minimum Gasteiger partial charge on any atom is -0.481 e. The lowest BCUT2D eigenvalue weighted by Crippen LogP contribution is -2.16. The van der Waals surface area contributed by atoms with Crippen molar-refractivity contribution in [3.05, 3.63) is 29.8 Å². The fraction of sp³-hybridized carbons (Fsp3) is 0.364. The first-order valence-corrected chi connectivity index (χ1v) is 5.67. The van der Waals surface area contributed by atoms with Gasteiger partial charge >= 0.3 is 5.97 Å². The summed E-state index contributed by atoms with van der Waals surface area (Å²) in [6, 6.07) is 8.25. The lowest BCUT2D eigenvalue weighted by molar-refractivity contribution is -0.137. The second kappa shape index (κ2) is 4.05. The fourth-order valence-corrected chi connectivity index (χ4v) is 2.93. The number of carboxylic acid groups (broad SMARTS) is 1. The van der Waals surface area contributed by atoms with Crippen LogP contribution in [0.1, 0.15) is 12.0 Å². The van der Waals surface area contributed by atoms with Crippen LogP contribution in [-0.2, 0) is 11.2 Å². The molecule has 1 aromatic carbocycles. The van der Waals surface area contributed by atoms with Gasteiger partial charge in [0, 0.05) is 17.1 Å². The van der Waals surface area contributed by atoms with Crippen molar-refractivity contribution in [1.82, 2.24) is 0 Å². The average molecular weight is 208 g/mol. The third kappa shape index (κ3) is 2.10. The second-order valence-corrected chi connectivity index (χ2v) is 4.65. The minimum absolute atomic E-state index is 0.293. The summed E-state index contributed by atoms with van der Waals surface area (Å²) in [6.45, 7) is 0. The molecule has 0 bridgehead atoms. The molecular weight excluding hydrogens is 196 g/mol. The van der Waals surface area contributed by atoms with Gasteiger partial charge in [0.2, 0.25) is 0 Å². The van der Waals surface area contributed by atoms with Crippen molar-refractivity contribution >= 4 is 17.7 Å². The van der Waals surface area contributed by atoms with E-state index in [1.165, 1.54) is 10.5 Å². The van der Waals surface area contributed by atoms with E-state index in [0.29, 0.717) is 12.3 Å². The van der Waals surface area contributed by atoms with Gasteiger partial charge in [-0.25, -0.2) is 0 Å². The van der Waals surface area contributed by atoms with Crippen molar-refractivity contribution in [1.29, 1.82) is 0 Å². The Bertz CT molecular complexity index is 349. The van der Waals surface area contributed by atoms with Crippen molar-refractivity contribution in [3.63, 3.8) is 0 Å². The molecule has 0 aliphatic carbocycles. The number of benzene rings is 1. The van der Waals surface area contributed by atoms with Gasteiger partial charge < -0.3 is 5.11 Å². The zero-order chi connectivity index (χ0) is 9.97. The number of carboxylic acids is 1. The Hall–Kier alpha value is -0.960. The summed E-state index contributed by atoms with van der Waals surface area (Å²) in [5.41, 5.74) is 1.30. The normalized spacial score (nSPS) is 20.1. The van der Waals surface area contributed by atoms with Crippen LogP contribution in [0.5, 0.6) is 0 Å². The molecule has 1 atom stereocenters. The van der Waals surface area contributed by atoms with E-state index in [1.807, 2.05) is 12.1 Å². The number of thioether (sulfide) groups is 1. The van der Waals surface area contributed by atoms with Gasteiger partial charge in [-0.1, -0.05) is 18.2 Å². The topological polar surface area (TPSA) is 37.3 Å². The Kier molecular flexibility index (Phi) is 2.77. The van der Waals surface area contributed by atoms with Gasteiger partial charge in [0.05, 0.1) is 0 Å². The van der Waals surface area contributed by atoms with Crippen LogP contribution < -0.4 is 0 Å². The van der Waals surface area contributed by atoms with Crippen molar-refractivity contribution < 1.29 is 9.90 Å². The van der Waals surface area contributed by atoms with Gasteiger partial charge in [0.15, 0.2) is 0 Å². The third-order valence-corrected chi connectivity index (χ3v) is 3.77. The molecule has 0 radical (unpaired) electrons. The molecular formula is C11H12O2S. The van der Waals surface area contributed by atoms with Gasteiger partial charge in [-0.15, -0.1) is 11.8 Å². The van der Waals surface area contributed by atoms with E-state index in [9.17, 15) is 4.79 Å². The van der Waals surface area contributed by atoms with Crippen LogP contribution in [-0.4, -0.2) is 16.8 Å². The Labute approximate surface area is 87.3 Å². The van der Waals surface area contributed by atoms with E-state index < -0.39 is 5.97 Å².